The van der Waals surface area contributed by atoms with Gasteiger partial charge in [0.15, 0.2) is 18.1 Å². The van der Waals surface area contributed by atoms with Crippen LogP contribution in [0.5, 0.6) is 11.5 Å². The molecular weight excluding hydrogens is 326 g/mol. The van der Waals surface area contributed by atoms with Crippen LogP contribution in [0.3, 0.4) is 0 Å². The fraction of sp³-hybridized carbons (Fsp3) is 0.529. The van der Waals surface area contributed by atoms with E-state index in [1.54, 1.807) is 12.1 Å². The van der Waals surface area contributed by atoms with Gasteiger partial charge in [-0.25, -0.2) is 0 Å². The van der Waals surface area contributed by atoms with E-state index in [0.717, 1.165) is 12.1 Å². The second kappa shape index (κ2) is 9.85. The van der Waals surface area contributed by atoms with Crippen molar-refractivity contribution in [1.29, 1.82) is 0 Å². The first-order valence-electron chi connectivity index (χ1n) is 8.30. The maximum atomic E-state index is 12.1. The van der Waals surface area contributed by atoms with Crippen LogP contribution in [0.1, 0.15) is 12.5 Å². The number of morpholine rings is 1. The molecule has 2 amide bonds. The van der Waals surface area contributed by atoms with Crippen molar-refractivity contribution >= 4 is 11.8 Å². The molecule has 1 unspecified atom stereocenters. The molecule has 1 saturated heterocycles. The number of hydrogen-bond donors (Lipinski definition) is 3. The number of ether oxygens (including phenoxy) is 3. The Morgan fingerprint density at radius 2 is 2.16 bits per heavy atom. The first-order chi connectivity index (χ1) is 12.1. The molecule has 1 aliphatic heterocycles. The zero-order valence-corrected chi connectivity index (χ0v) is 14.6. The van der Waals surface area contributed by atoms with Crippen molar-refractivity contribution < 1.29 is 23.8 Å². The van der Waals surface area contributed by atoms with Gasteiger partial charge in [0.2, 0.25) is 0 Å². The fourth-order valence-corrected chi connectivity index (χ4v) is 2.37. The summed E-state index contributed by atoms with van der Waals surface area (Å²) in [5, 5.41) is 8.62. The van der Waals surface area contributed by atoms with Crippen LogP contribution >= 0.6 is 0 Å². The minimum atomic E-state index is -0.463. The Kier molecular flexibility index (Phi) is 7.49. The molecule has 8 heteroatoms. The van der Waals surface area contributed by atoms with E-state index in [-0.39, 0.29) is 18.4 Å². The Hall–Kier alpha value is -2.32. The molecule has 0 bridgehead atoms. The van der Waals surface area contributed by atoms with Crippen molar-refractivity contribution in [2.24, 2.45) is 0 Å². The van der Waals surface area contributed by atoms with E-state index in [9.17, 15) is 9.59 Å². The molecule has 1 aliphatic rings. The molecule has 0 aliphatic carbocycles. The molecule has 1 atom stereocenters. The molecule has 2 rings (SSSR count). The molecule has 0 saturated carbocycles. The van der Waals surface area contributed by atoms with Gasteiger partial charge >= 0.3 is 0 Å². The van der Waals surface area contributed by atoms with Crippen molar-refractivity contribution in [1.82, 2.24) is 16.0 Å². The van der Waals surface area contributed by atoms with Crippen LogP contribution in [0.15, 0.2) is 18.2 Å². The Balaban J connectivity index is 1.89. The van der Waals surface area contributed by atoms with Gasteiger partial charge < -0.3 is 30.2 Å². The highest BCUT2D eigenvalue weighted by Crippen LogP contribution is 2.28. The third-order valence-corrected chi connectivity index (χ3v) is 3.65. The summed E-state index contributed by atoms with van der Waals surface area (Å²) < 4.78 is 16.2. The lowest BCUT2D eigenvalue weighted by Crippen LogP contribution is -2.47. The summed E-state index contributed by atoms with van der Waals surface area (Å²) in [5.41, 5.74) is 0.860. The average Bonchev–Trinajstić information content (AvgIpc) is 2.65. The summed E-state index contributed by atoms with van der Waals surface area (Å²) in [6.07, 6.45) is -0.463. The fourth-order valence-electron chi connectivity index (χ4n) is 2.37. The van der Waals surface area contributed by atoms with Gasteiger partial charge in [0.1, 0.15) is 6.10 Å². The first kappa shape index (κ1) is 19.0. The van der Waals surface area contributed by atoms with Crippen molar-refractivity contribution in [2.45, 2.75) is 19.6 Å². The molecule has 1 heterocycles. The minimum Gasteiger partial charge on any atom is -0.493 e. The molecule has 0 spiro atoms. The van der Waals surface area contributed by atoms with Gasteiger partial charge in [-0.2, -0.15) is 0 Å². The number of benzene rings is 1. The maximum absolute atomic E-state index is 12.1. The molecule has 1 fully saturated rings. The largest absolute Gasteiger partial charge is 0.493 e. The number of likely N-dealkylation sites (N-methyl/N-ethyl adjacent to an activating group) is 1. The smallest absolute Gasteiger partial charge is 0.257 e. The number of carbonyl (C=O) groups excluding carboxylic acids is 2. The standard InChI is InChI=1S/C17H25N3O5/c1-3-19-16(21)11-25-13-5-4-12(8-14(13)23-2)9-20-17(22)15-10-18-6-7-24-15/h4-5,8,15,18H,3,6-7,9-11H2,1-2H3,(H,19,21)(H,20,22). The van der Waals surface area contributed by atoms with Crippen molar-refractivity contribution in [3.8, 4) is 11.5 Å². The molecular formula is C17H25N3O5. The second-order valence-electron chi connectivity index (χ2n) is 5.51. The van der Waals surface area contributed by atoms with E-state index in [1.165, 1.54) is 7.11 Å². The van der Waals surface area contributed by atoms with Crippen LogP contribution in [0.2, 0.25) is 0 Å². The van der Waals surface area contributed by atoms with Crippen LogP contribution in [0.4, 0.5) is 0 Å². The van der Waals surface area contributed by atoms with E-state index in [4.69, 9.17) is 14.2 Å². The molecule has 138 valence electrons. The predicted octanol–water partition coefficient (Wildman–Crippen LogP) is -0.185. The summed E-state index contributed by atoms with van der Waals surface area (Å²) in [4.78, 5) is 23.5. The van der Waals surface area contributed by atoms with Crippen LogP contribution in [0, 0.1) is 0 Å². The molecule has 1 aromatic carbocycles. The van der Waals surface area contributed by atoms with Gasteiger partial charge in [0.25, 0.3) is 11.8 Å². The zero-order chi connectivity index (χ0) is 18.1. The Morgan fingerprint density at radius 1 is 1.32 bits per heavy atom. The lowest BCUT2D eigenvalue weighted by atomic mass is 10.2. The highest BCUT2D eigenvalue weighted by atomic mass is 16.5. The summed E-state index contributed by atoms with van der Waals surface area (Å²) in [5.74, 6) is 0.639. The van der Waals surface area contributed by atoms with Gasteiger partial charge in [0.05, 0.1) is 13.7 Å². The van der Waals surface area contributed by atoms with Crippen LogP contribution in [0.25, 0.3) is 0 Å². The van der Waals surface area contributed by atoms with Gasteiger partial charge in [-0.1, -0.05) is 6.07 Å². The van der Waals surface area contributed by atoms with Crippen LogP contribution < -0.4 is 25.4 Å². The summed E-state index contributed by atoms with van der Waals surface area (Å²) in [7, 11) is 1.53. The van der Waals surface area contributed by atoms with Gasteiger partial charge in [-0.3, -0.25) is 9.59 Å². The highest BCUT2D eigenvalue weighted by Gasteiger charge is 2.21. The van der Waals surface area contributed by atoms with Gasteiger partial charge in [0, 0.05) is 26.2 Å². The third-order valence-electron chi connectivity index (χ3n) is 3.65. The number of nitrogens with one attached hydrogen (secondary N) is 3. The Morgan fingerprint density at radius 3 is 2.84 bits per heavy atom. The van der Waals surface area contributed by atoms with Gasteiger partial charge in [-0.15, -0.1) is 0 Å². The van der Waals surface area contributed by atoms with E-state index < -0.39 is 6.10 Å². The van der Waals surface area contributed by atoms with E-state index >= 15 is 0 Å². The number of hydrogen-bond acceptors (Lipinski definition) is 6. The Labute approximate surface area is 147 Å². The van der Waals surface area contributed by atoms with Crippen molar-refractivity contribution in [3.05, 3.63) is 23.8 Å². The lowest BCUT2D eigenvalue weighted by Gasteiger charge is -2.22. The number of rotatable bonds is 8. The van der Waals surface area contributed by atoms with Crippen molar-refractivity contribution in [2.75, 3.05) is 40.0 Å². The van der Waals surface area contributed by atoms with Crippen LogP contribution in [-0.2, 0) is 20.9 Å². The quantitative estimate of drug-likeness (QED) is 0.601. The van der Waals surface area contributed by atoms with Crippen molar-refractivity contribution in [3.63, 3.8) is 0 Å². The molecule has 25 heavy (non-hydrogen) atoms. The monoisotopic (exact) mass is 351 g/mol. The lowest BCUT2D eigenvalue weighted by molar-refractivity contribution is -0.134. The number of amides is 2. The zero-order valence-electron chi connectivity index (χ0n) is 14.6. The average molecular weight is 351 g/mol. The number of methoxy groups -OCH3 is 1. The number of carbonyl (C=O) groups is 2. The highest BCUT2D eigenvalue weighted by molar-refractivity contribution is 5.81. The van der Waals surface area contributed by atoms with E-state index in [0.29, 0.717) is 37.7 Å². The molecule has 0 radical (unpaired) electrons. The molecule has 1 aromatic rings. The second-order valence-corrected chi connectivity index (χ2v) is 5.51. The molecule has 3 N–H and O–H groups in total. The normalized spacial score (nSPS) is 16.8. The summed E-state index contributed by atoms with van der Waals surface area (Å²) >= 11 is 0. The van der Waals surface area contributed by atoms with E-state index in [2.05, 4.69) is 16.0 Å². The predicted molar refractivity (Wildman–Crippen MR) is 91.6 cm³/mol. The first-order valence-corrected chi connectivity index (χ1v) is 8.30. The van der Waals surface area contributed by atoms with Gasteiger partial charge in [-0.05, 0) is 24.6 Å². The third kappa shape index (κ3) is 5.91. The maximum Gasteiger partial charge on any atom is 0.257 e. The molecule has 0 aromatic heterocycles. The topological polar surface area (TPSA) is 97.9 Å². The summed E-state index contributed by atoms with van der Waals surface area (Å²) in [6, 6.07) is 5.31. The molecule has 8 nitrogen and oxygen atoms in total. The SMILES string of the molecule is CCNC(=O)COc1ccc(CNC(=O)C2CNCCO2)cc1OC. The van der Waals surface area contributed by atoms with E-state index in [1.807, 2.05) is 13.0 Å². The van der Waals surface area contributed by atoms with Crippen LogP contribution in [-0.4, -0.2) is 57.9 Å². The minimum absolute atomic E-state index is 0.0771. The summed E-state index contributed by atoms with van der Waals surface area (Å²) in [6.45, 7) is 4.48. The Bertz CT molecular complexity index is 588.